The Balaban J connectivity index is 1.39. The van der Waals surface area contributed by atoms with Gasteiger partial charge in [0.15, 0.2) is 11.5 Å². The Morgan fingerprint density at radius 2 is 1.77 bits per heavy atom. The SMILES string of the molecule is COc1ccc([C@@H](C)NC(=O)/C(C#N)=C/c2c[nH]c3ncc(-c4ccc(N5CCN(C)CC5)cc4OC)cc23)cc1OC. The van der Waals surface area contributed by atoms with E-state index in [2.05, 4.69) is 50.3 Å². The molecule has 3 heterocycles. The number of rotatable bonds is 9. The molecule has 1 aliphatic heterocycles. The number of carbonyl (C=O) groups is 1. The zero-order valence-electron chi connectivity index (χ0n) is 25.1. The Bertz CT molecular complexity index is 1700. The number of nitrogens with one attached hydrogen (secondary N) is 2. The lowest BCUT2D eigenvalue weighted by molar-refractivity contribution is -0.117. The number of amides is 1. The van der Waals surface area contributed by atoms with E-state index in [4.69, 9.17) is 14.2 Å². The number of H-pyrrole nitrogens is 1. The molecular formula is C33H36N6O4. The van der Waals surface area contributed by atoms with E-state index in [-0.39, 0.29) is 11.6 Å². The molecule has 0 radical (unpaired) electrons. The van der Waals surface area contributed by atoms with Gasteiger partial charge in [-0.05, 0) is 55.9 Å². The first kappa shape index (κ1) is 29.5. The van der Waals surface area contributed by atoms with Crippen molar-refractivity contribution in [3.63, 3.8) is 0 Å². The normalized spacial score (nSPS) is 14.7. The van der Waals surface area contributed by atoms with E-state index in [9.17, 15) is 10.1 Å². The van der Waals surface area contributed by atoms with Gasteiger partial charge in [0.25, 0.3) is 5.91 Å². The molecule has 1 amide bonds. The van der Waals surface area contributed by atoms with Gasteiger partial charge in [-0.25, -0.2) is 4.98 Å². The lowest BCUT2D eigenvalue weighted by atomic mass is 10.0. The van der Waals surface area contributed by atoms with Crippen LogP contribution in [0.5, 0.6) is 17.2 Å². The Labute approximate surface area is 251 Å². The monoisotopic (exact) mass is 580 g/mol. The van der Waals surface area contributed by atoms with E-state index in [0.717, 1.165) is 59.7 Å². The summed E-state index contributed by atoms with van der Waals surface area (Å²) in [5.41, 5.74) is 5.04. The highest BCUT2D eigenvalue weighted by molar-refractivity contribution is 6.04. The van der Waals surface area contributed by atoms with Gasteiger partial charge in [-0.15, -0.1) is 0 Å². The summed E-state index contributed by atoms with van der Waals surface area (Å²) in [4.78, 5) is 25.6. The second kappa shape index (κ2) is 12.9. The molecule has 0 spiro atoms. The molecule has 2 N–H and O–H groups in total. The third kappa shape index (κ3) is 6.27. The maximum Gasteiger partial charge on any atom is 0.262 e. The van der Waals surface area contributed by atoms with Crippen molar-refractivity contribution in [1.29, 1.82) is 5.26 Å². The quantitative estimate of drug-likeness (QED) is 0.215. The minimum Gasteiger partial charge on any atom is -0.496 e. The standard InChI is InChI=1S/C33H36N6O4/c1-21(22-6-9-29(41-3)31(16-22)43-5)37-33(40)23(18-34)14-24-19-35-32-28(24)15-25(20-36-32)27-8-7-26(17-30(27)42-4)39-12-10-38(2)11-13-39/h6-9,14-17,19-21H,10-13H2,1-5H3,(H,35,36)(H,37,40)/b23-14+/t21-/m1/s1. The van der Waals surface area contributed by atoms with Crippen molar-refractivity contribution in [3.8, 4) is 34.4 Å². The fraction of sp³-hybridized carbons (Fsp3) is 0.303. The van der Waals surface area contributed by atoms with E-state index >= 15 is 0 Å². The Morgan fingerprint density at radius 3 is 2.47 bits per heavy atom. The molecule has 1 fully saturated rings. The molecule has 222 valence electrons. The van der Waals surface area contributed by atoms with Crippen molar-refractivity contribution in [3.05, 3.63) is 71.6 Å². The van der Waals surface area contributed by atoms with Gasteiger partial charge in [0.1, 0.15) is 23.0 Å². The van der Waals surface area contributed by atoms with E-state index in [1.807, 2.05) is 25.1 Å². The number of nitriles is 1. The van der Waals surface area contributed by atoms with Crippen LogP contribution in [-0.2, 0) is 4.79 Å². The van der Waals surface area contributed by atoms with Crippen molar-refractivity contribution in [2.24, 2.45) is 0 Å². The van der Waals surface area contributed by atoms with E-state index in [1.165, 1.54) is 0 Å². The number of nitrogens with zero attached hydrogens (tertiary/aromatic N) is 4. The van der Waals surface area contributed by atoms with Crippen LogP contribution in [0.2, 0.25) is 0 Å². The largest absolute Gasteiger partial charge is 0.496 e. The minimum atomic E-state index is -0.482. The van der Waals surface area contributed by atoms with Gasteiger partial charge in [0.05, 0.1) is 27.4 Å². The fourth-order valence-corrected chi connectivity index (χ4v) is 5.25. The van der Waals surface area contributed by atoms with Gasteiger partial charge in [0.2, 0.25) is 0 Å². The summed E-state index contributed by atoms with van der Waals surface area (Å²) in [6.07, 6.45) is 5.12. The van der Waals surface area contributed by atoms with Crippen molar-refractivity contribution in [2.75, 3.05) is 59.5 Å². The first-order valence-electron chi connectivity index (χ1n) is 14.1. The molecule has 43 heavy (non-hydrogen) atoms. The molecule has 1 aliphatic rings. The number of likely N-dealkylation sites (N-methyl/N-ethyl adjacent to an activating group) is 1. The van der Waals surface area contributed by atoms with Crippen LogP contribution in [0.15, 0.2) is 60.4 Å². The maximum absolute atomic E-state index is 13.1. The molecule has 2 aromatic carbocycles. The highest BCUT2D eigenvalue weighted by Gasteiger charge is 2.19. The number of carbonyl (C=O) groups excluding carboxylic acids is 1. The van der Waals surface area contributed by atoms with Crippen molar-refractivity contribution < 1.29 is 19.0 Å². The van der Waals surface area contributed by atoms with Crippen LogP contribution in [0.3, 0.4) is 0 Å². The molecule has 10 heteroatoms. The van der Waals surface area contributed by atoms with Crippen LogP contribution in [0.4, 0.5) is 5.69 Å². The number of fused-ring (bicyclic) bond motifs is 1. The van der Waals surface area contributed by atoms with Crippen LogP contribution in [0.25, 0.3) is 28.2 Å². The third-order valence-electron chi connectivity index (χ3n) is 7.85. The van der Waals surface area contributed by atoms with E-state index in [0.29, 0.717) is 22.7 Å². The first-order valence-corrected chi connectivity index (χ1v) is 14.1. The van der Waals surface area contributed by atoms with Gasteiger partial charge < -0.3 is 34.3 Å². The van der Waals surface area contributed by atoms with Crippen molar-refractivity contribution in [1.82, 2.24) is 20.2 Å². The van der Waals surface area contributed by atoms with Gasteiger partial charge in [-0.2, -0.15) is 5.26 Å². The average molecular weight is 581 g/mol. The maximum atomic E-state index is 13.1. The van der Waals surface area contributed by atoms with Crippen LogP contribution >= 0.6 is 0 Å². The van der Waals surface area contributed by atoms with Crippen LogP contribution in [0.1, 0.15) is 24.1 Å². The lowest BCUT2D eigenvalue weighted by Gasteiger charge is -2.34. The summed E-state index contributed by atoms with van der Waals surface area (Å²) in [5.74, 6) is 1.43. The molecule has 1 atom stereocenters. The van der Waals surface area contributed by atoms with Crippen LogP contribution < -0.4 is 24.4 Å². The van der Waals surface area contributed by atoms with Crippen molar-refractivity contribution >= 4 is 28.7 Å². The Morgan fingerprint density at radius 1 is 1.02 bits per heavy atom. The molecule has 1 saturated heterocycles. The highest BCUT2D eigenvalue weighted by Crippen LogP contribution is 2.36. The summed E-state index contributed by atoms with van der Waals surface area (Å²) >= 11 is 0. The molecule has 0 unspecified atom stereocenters. The second-order valence-corrected chi connectivity index (χ2v) is 10.5. The molecule has 4 aromatic rings. The number of aromatic nitrogens is 2. The predicted molar refractivity (Wildman–Crippen MR) is 167 cm³/mol. The molecule has 10 nitrogen and oxygen atoms in total. The molecule has 0 saturated carbocycles. The predicted octanol–water partition coefficient (Wildman–Crippen LogP) is 4.79. The number of anilines is 1. The summed E-state index contributed by atoms with van der Waals surface area (Å²) < 4.78 is 16.5. The summed E-state index contributed by atoms with van der Waals surface area (Å²) in [5, 5.41) is 13.6. The topological polar surface area (TPSA) is 116 Å². The zero-order valence-corrected chi connectivity index (χ0v) is 25.1. The molecule has 5 rings (SSSR count). The summed E-state index contributed by atoms with van der Waals surface area (Å²) in [7, 11) is 6.94. The van der Waals surface area contributed by atoms with Gasteiger partial charge >= 0.3 is 0 Å². The van der Waals surface area contributed by atoms with E-state index in [1.54, 1.807) is 51.9 Å². The highest BCUT2D eigenvalue weighted by atomic mass is 16.5. The van der Waals surface area contributed by atoms with Gasteiger partial charge in [-0.3, -0.25) is 4.79 Å². The van der Waals surface area contributed by atoms with E-state index < -0.39 is 5.91 Å². The van der Waals surface area contributed by atoms with Crippen LogP contribution in [0, 0.1) is 11.3 Å². The fourth-order valence-electron chi connectivity index (χ4n) is 5.25. The molecule has 0 aliphatic carbocycles. The summed E-state index contributed by atoms with van der Waals surface area (Å²) in [6, 6.07) is 15.3. The second-order valence-electron chi connectivity index (χ2n) is 10.5. The number of aromatic amines is 1. The zero-order chi connectivity index (χ0) is 30.5. The first-order chi connectivity index (χ1) is 20.8. The average Bonchev–Trinajstić information content (AvgIpc) is 3.44. The number of hydrogen-bond donors (Lipinski definition) is 2. The molecule has 2 aromatic heterocycles. The number of ether oxygens (including phenoxy) is 3. The number of methoxy groups -OCH3 is 3. The van der Waals surface area contributed by atoms with Crippen molar-refractivity contribution in [2.45, 2.75) is 13.0 Å². The van der Waals surface area contributed by atoms with Gasteiger partial charge in [-0.1, -0.05) is 6.07 Å². The van der Waals surface area contributed by atoms with Gasteiger partial charge in [0, 0.05) is 72.4 Å². The number of pyridine rings is 1. The minimum absolute atomic E-state index is 0.0206. The Hall–Kier alpha value is -5.01. The smallest absolute Gasteiger partial charge is 0.262 e. The number of piperazine rings is 1. The Kier molecular flexibility index (Phi) is 8.83. The summed E-state index contributed by atoms with van der Waals surface area (Å²) in [6.45, 7) is 5.82. The molecule has 0 bridgehead atoms. The van der Waals surface area contributed by atoms with Crippen LogP contribution in [-0.4, -0.2) is 75.3 Å². The molecular weight excluding hydrogens is 544 g/mol. The lowest BCUT2D eigenvalue weighted by Crippen LogP contribution is -2.44. The third-order valence-corrected chi connectivity index (χ3v) is 7.85. The number of hydrogen-bond acceptors (Lipinski definition) is 8. The number of benzene rings is 2.